The third-order valence-electron chi connectivity index (χ3n) is 2.91. The largest absolute Gasteiger partial charge is 0.466 e. The van der Waals surface area contributed by atoms with Crippen LogP contribution in [0.15, 0.2) is 24.3 Å². The van der Waals surface area contributed by atoms with Crippen LogP contribution in [0.2, 0.25) is 0 Å². The summed E-state index contributed by atoms with van der Waals surface area (Å²) in [6.45, 7) is 2.17. The number of non-ortho nitro benzene ring substituents is 1. The van der Waals surface area contributed by atoms with Gasteiger partial charge in [-0.05, 0) is 24.8 Å². The Kier molecular flexibility index (Phi) is 3.08. The highest BCUT2D eigenvalue weighted by molar-refractivity contribution is 5.77. The maximum Gasteiger partial charge on any atom is 0.309 e. The first-order valence-electron chi connectivity index (χ1n) is 5.54. The highest BCUT2D eigenvalue weighted by atomic mass is 16.6. The van der Waals surface area contributed by atoms with Crippen LogP contribution < -0.4 is 0 Å². The lowest BCUT2D eigenvalue weighted by Gasteiger charge is -2.01. The van der Waals surface area contributed by atoms with Crippen molar-refractivity contribution in [3.05, 3.63) is 39.9 Å². The summed E-state index contributed by atoms with van der Waals surface area (Å²) in [5, 5.41) is 10.5. The van der Waals surface area contributed by atoms with Gasteiger partial charge in [0.25, 0.3) is 5.69 Å². The Morgan fingerprint density at radius 1 is 1.47 bits per heavy atom. The fraction of sp³-hybridized carbons (Fsp3) is 0.417. The number of carbonyl (C=O) groups is 1. The van der Waals surface area contributed by atoms with Crippen molar-refractivity contribution in [1.82, 2.24) is 0 Å². The Hall–Kier alpha value is -1.91. The van der Waals surface area contributed by atoms with E-state index >= 15 is 0 Å². The Morgan fingerprint density at radius 3 is 2.65 bits per heavy atom. The molecule has 0 saturated heterocycles. The number of carbonyl (C=O) groups excluding carboxylic acids is 1. The molecule has 0 amide bonds. The van der Waals surface area contributed by atoms with Gasteiger partial charge in [0.1, 0.15) is 0 Å². The number of esters is 1. The number of hydrogen-bond donors (Lipinski definition) is 0. The summed E-state index contributed by atoms with van der Waals surface area (Å²) in [5.41, 5.74) is 1.04. The number of nitrogens with zero attached hydrogens (tertiary/aromatic N) is 1. The molecule has 0 spiro atoms. The van der Waals surface area contributed by atoms with Crippen LogP contribution in [0.4, 0.5) is 5.69 Å². The zero-order valence-electron chi connectivity index (χ0n) is 9.46. The van der Waals surface area contributed by atoms with Crippen molar-refractivity contribution in [1.29, 1.82) is 0 Å². The number of rotatable bonds is 4. The zero-order valence-corrected chi connectivity index (χ0v) is 9.46. The van der Waals surface area contributed by atoms with Crippen molar-refractivity contribution in [2.75, 3.05) is 6.61 Å². The molecule has 2 atom stereocenters. The van der Waals surface area contributed by atoms with E-state index in [1.54, 1.807) is 19.1 Å². The summed E-state index contributed by atoms with van der Waals surface area (Å²) in [5.74, 6) is -0.0814. The van der Waals surface area contributed by atoms with Crippen LogP contribution in [0, 0.1) is 16.0 Å². The van der Waals surface area contributed by atoms with Crippen LogP contribution >= 0.6 is 0 Å². The molecule has 0 unspecified atom stereocenters. The molecule has 1 aromatic rings. The van der Waals surface area contributed by atoms with E-state index in [0.717, 1.165) is 12.0 Å². The molecule has 0 heterocycles. The van der Waals surface area contributed by atoms with Gasteiger partial charge in [-0.15, -0.1) is 0 Å². The molecule has 17 heavy (non-hydrogen) atoms. The number of nitro groups is 1. The molecule has 0 radical (unpaired) electrons. The smallest absolute Gasteiger partial charge is 0.309 e. The molecule has 0 N–H and O–H groups in total. The number of benzene rings is 1. The summed E-state index contributed by atoms with van der Waals surface area (Å²) in [6.07, 6.45) is 0.774. The Bertz CT molecular complexity index is 440. The van der Waals surface area contributed by atoms with E-state index in [0.29, 0.717) is 6.61 Å². The van der Waals surface area contributed by atoms with Crippen molar-refractivity contribution in [2.24, 2.45) is 5.92 Å². The molecular formula is C12H13NO4. The summed E-state index contributed by atoms with van der Waals surface area (Å²) in [7, 11) is 0. The average Bonchev–Trinajstić information content (AvgIpc) is 3.09. The van der Waals surface area contributed by atoms with Gasteiger partial charge in [0, 0.05) is 12.1 Å². The van der Waals surface area contributed by atoms with Gasteiger partial charge in [0.15, 0.2) is 0 Å². The number of nitro benzene ring substituents is 1. The molecular weight excluding hydrogens is 222 g/mol. The maximum absolute atomic E-state index is 11.4. The second-order valence-electron chi connectivity index (χ2n) is 4.05. The predicted molar refractivity (Wildman–Crippen MR) is 60.6 cm³/mol. The number of hydrogen-bond acceptors (Lipinski definition) is 4. The molecule has 1 aromatic carbocycles. The minimum atomic E-state index is -0.431. The minimum Gasteiger partial charge on any atom is -0.466 e. The van der Waals surface area contributed by atoms with Crippen LogP contribution in [-0.2, 0) is 9.53 Å². The van der Waals surface area contributed by atoms with Crippen molar-refractivity contribution in [2.45, 2.75) is 19.3 Å². The molecule has 2 rings (SSSR count). The molecule has 90 valence electrons. The van der Waals surface area contributed by atoms with E-state index < -0.39 is 4.92 Å². The topological polar surface area (TPSA) is 69.4 Å². The Labute approximate surface area is 98.5 Å². The quantitative estimate of drug-likeness (QED) is 0.456. The molecule has 0 aliphatic heterocycles. The van der Waals surface area contributed by atoms with E-state index in [9.17, 15) is 14.9 Å². The zero-order chi connectivity index (χ0) is 12.4. The maximum atomic E-state index is 11.4. The minimum absolute atomic E-state index is 0.0714. The van der Waals surface area contributed by atoms with Crippen LogP contribution in [0.5, 0.6) is 0 Å². The van der Waals surface area contributed by atoms with Crippen LogP contribution in [0.1, 0.15) is 24.8 Å². The second kappa shape index (κ2) is 4.53. The molecule has 0 aromatic heterocycles. The van der Waals surface area contributed by atoms with Crippen molar-refractivity contribution in [3.8, 4) is 0 Å². The van der Waals surface area contributed by atoms with Gasteiger partial charge in [-0.2, -0.15) is 0 Å². The molecule has 0 bridgehead atoms. The Balaban J connectivity index is 2.01. The lowest BCUT2D eigenvalue weighted by molar-refractivity contribution is -0.384. The van der Waals surface area contributed by atoms with Gasteiger partial charge >= 0.3 is 5.97 Å². The highest BCUT2D eigenvalue weighted by Gasteiger charge is 2.45. The van der Waals surface area contributed by atoms with E-state index in [-0.39, 0.29) is 23.5 Å². The first kappa shape index (κ1) is 11.6. The molecule has 1 saturated carbocycles. The summed E-state index contributed by atoms with van der Waals surface area (Å²) in [6, 6.07) is 6.36. The van der Waals surface area contributed by atoms with Gasteiger partial charge < -0.3 is 4.74 Å². The van der Waals surface area contributed by atoms with Gasteiger partial charge in [-0.25, -0.2) is 0 Å². The van der Waals surface area contributed by atoms with Crippen LogP contribution in [-0.4, -0.2) is 17.5 Å². The van der Waals surface area contributed by atoms with Gasteiger partial charge in [0.05, 0.1) is 17.4 Å². The van der Waals surface area contributed by atoms with Crippen LogP contribution in [0.25, 0.3) is 0 Å². The third kappa shape index (κ3) is 2.43. The lowest BCUT2D eigenvalue weighted by Crippen LogP contribution is -2.07. The monoisotopic (exact) mass is 235 g/mol. The lowest BCUT2D eigenvalue weighted by atomic mass is 10.1. The van der Waals surface area contributed by atoms with E-state index in [1.165, 1.54) is 12.1 Å². The third-order valence-corrected chi connectivity index (χ3v) is 2.91. The highest BCUT2D eigenvalue weighted by Crippen LogP contribution is 2.48. The summed E-state index contributed by atoms with van der Waals surface area (Å²) in [4.78, 5) is 21.5. The molecule has 5 heteroatoms. The van der Waals surface area contributed by atoms with E-state index in [2.05, 4.69) is 0 Å². The van der Waals surface area contributed by atoms with Crippen molar-refractivity contribution in [3.63, 3.8) is 0 Å². The fourth-order valence-electron chi connectivity index (χ4n) is 1.92. The number of ether oxygens (including phenoxy) is 1. The molecule has 1 aliphatic rings. The second-order valence-corrected chi connectivity index (χ2v) is 4.05. The Morgan fingerprint density at radius 2 is 2.12 bits per heavy atom. The normalized spacial score (nSPS) is 21.9. The van der Waals surface area contributed by atoms with Crippen molar-refractivity contribution >= 4 is 11.7 Å². The SMILES string of the molecule is CCOC(=O)[C@H]1C[C@@H]1c1ccc([N+](=O)[O-])cc1. The van der Waals surface area contributed by atoms with Gasteiger partial charge in [0.2, 0.25) is 0 Å². The van der Waals surface area contributed by atoms with E-state index in [1.807, 2.05) is 0 Å². The van der Waals surface area contributed by atoms with Crippen LogP contribution in [0.3, 0.4) is 0 Å². The standard InChI is InChI=1S/C12H13NO4/c1-2-17-12(14)11-7-10(11)8-3-5-9(6-4-8)13(15)16/h3-6,10-11H,2,7H2,1H3/t10-,11+/m1/s1. The average molecular weight is 235 g/mol. The van der Waals surface area contributed by atoms with E-state index in [4.69, 9.17) is 4.74 Å². The molecule has 1 fully saturated rings. The van der Waals surface area contributed by atoms with Crippen molar-refractivity contribution < 1.29 is 14.5 Å². The van der Waals surface area contributed by atoms with Gasteiger partial charge in [-0.3, -0.25) is 14.9 Å². The first-order valence-corrected chi connectivity index (χ1v) is 5.54. The summed E-state index contributed by atoms with van der Waals surface area (Å²) < 4.78 is 4.93. The fourth-order valence-corrected chi connectivity index (χ4v) is 1.92. The first-order chi connectivity index (χ1) is 8.13. The molecule has 5 nitrogen and oxygen atoms in total. The predicted octanol–water partition coefficient (Wildman–Crippen LogP) is 2.26. The molecule has 1 aliphatic carbocycles. The summed E-state index contributed by atoms with van der Waals surface area (Å²) >= 11 is 0. The van der Waals surface area contributed by atoms with Gasteiger partial charge in [-0.1, -0.05) is 12.1 Å².